The van der Waals surface area contributed by atoms with Crippen LogP contribution in [0.5, 0.6) is 0 Å². The number of nitrogens with zero attached hydrogens (tertiary/aromatic N) is 1. The van der Waals surface area contributed by atoms with Crippen LogP contribution in [-0.4, -0.2) is 29.1 Å². The van der Waals surface area contributed by atoms with Gasteiger partial charge in [0.25, 0.3) is 5.91 Å². The molecule has 0 aromatic carbocycles. The first-order valence-electron chi connectivity index (χ1n) is 7.23. The van der Waals surface area contributed by atoms with Gasteiger partial charge in [0, 0.05) is 24.3 Å². The molecule has 3 aliphatic rings. The van der Waals surface area contributed by atoms with Crippen molar-refractivity contribution >= 4 is 17.7 Å². The predicted octanol–water partition coefficient (Wildman–Crippen LogP) is 2.47. The average molecular weight is 266 g/mol. The zero-order valence-electron chi connectivity index (χ0n) is 10.9. The molecule has 1 amide bonds. The molecule has 3 rings (SSSR count). The summed E-state index contributed by atoms with van der Waals surface area (Å²) in [6.07, 6.45) is 8.51. The molecule has 18 heavy (non-hydrogen) atoms. The van der Waals surface area contributed by atoms with E-state index in [9.17, 15) is 4.79 Å². The Labute approximate surface area is 113 Å². The Hall–Kier alpha value is -0.640. The highest BCUT2D eigenvalue weighted by Gasteiger charge is 2.40. The van der Waals surface area contributed by atoms with Gasteiger partial charge in [-0.25, -0.2) is 0 Å². The summed E-state index contributed by atoms with van der Waals surface area (Å²) in [4.78, 5) is 14.7. The molecule has 1 saturated carbocycles. The second-order valence-electron chi connectivity index (χ2n) is 5.68. The first-order chi connectivity index (χ1) is 8.77. The van der Waals surface area contributed by atoms with Crippen molar-refractivity contribution in [1.82, 2.24) is 4.90 Å². The van der Waals surface area contributed by atoms with Crippen LogP contribution in [0.1, 0.15) is 44.9 Å². The van der Waals surface area contributed by atoms with Crippen LogP contribution in [0.25, 0.3) is 0 Å². The fraction of sp³-hybridized carbons (Fsp3) is 0.786. The highest BCUT2D eigenvalue weighted by molar-refractivity contribution is 8.03. The largest absolute Gasteiger partial charge is 0.393 e. The molecule has 4 heteroatoms. The minimum atomic E-state index is 0.245. The lowest BCUT2D eigenvalue weighted by atomic mass is 9.83. The molecule has 0 spiro atoms. The van der Waals surface area contributed by atoms with Gasteiger partial charge < -0.3 is 10.6 Å². The molecule has 0 bridgehead atoms. The van der Waals surface area contributed by atoms with Gasteiger partial charge in [-0.05, 0) is 32.1 Å². The van der Waals surface area contributed by atoms with E-state index in [2.05, 4.69) is 0 Å². The molecule has 2 atom stereocenters. The van der Waals surface area contributed by atoms with E-state index >= 15 is 0 Å². The Morgan fingerprint density at radius 1 is 1.11 bits per heavy atom. The number of thioether (sulfide) groups is 1. The Morgan fingerprint density at radius 2 is 1.83 bits per heavy atom. The Morgan fingerprint density at radius 3 is 2.61 bits per heavy atom. The van der Waals surface area contributed by atoms with E-state index in [-0.39, 0.29) is 5.91 Å². The number of carbonyl (C=O) groups is 1. The number of likely N-dealkylation sites (tertiary alicyclic amines) is 1. The van der Waals surface area contributed by atoms with Crippen molar-refractivity contribution in [3.8, 4) is 0 Å². The summed E-state index contributed by atoms with van der Waals surface area (Å²) in [7, 11) is 0. The lowest BCUT2D eigenvalue weighted by Crippen LogP contribution is -2.39. The van der Waals surface area contributed by atoms with Gasteiger partial charge in [0.2, 0.25) is 0 Å². The molecule has 0 aromatic rings. The minimum Gasteiger partial charge on any atom is -0.393 e. The van der Waals surface area contributed by atoms with Gasteiger partial charge in [-0.15, -0.1) is 11.8 Å². The number of fused-ring (bicyclic) bond motifs is 1. The first kappa shape index (κ1) is 12.4. The van der Waals surface area contributed by atoms with Crippen LogP contribution in [-0.2, 0) is 4.79 Å². The van der Waals surface area contributed by atoms with Gasteiger partial charge in [-0.2, -0.15) is 0 Å². The summed E-state index contributed by atoms with van der Waals surface area (Å²) in [6, 6.07) is 0. The Bertz CT molecular complexity index is 374. The van der Waals surface area contributed by atoms with Crippen molar-refractivity contribution in [3.63, 3.8) is 0 Å². The second-order valence-corrected chi connectivity index (χ2v) is 6.96. The van der Waals surface area contributed by atoms with Gasteiger partial charge >= 0.3 is 0 Å². The molecule has 2 N–H and O–H groups in total. The van der Waals surface area contributed by atoms with E-state index in [1.165, 1.54) is 25.7 Å². The molecular weight excluding hydrogens is 244 g/mol. The standard InChI is InChI=1S/C14H22N2OS/c15-13-12(10-6-2-3-7-11(10)18-13)14(17)16-8-4-1-5-9-16/h10-11H,1-9,15H2/t10-,11-/m1/s1. The van der Waals surface area contributed by atoms with Crippen molar-refractivity contribution < 1.29 is 4.79 Å². The summed E-state index contributed by atoms with van der Waals surface area (Å²) in [6.45, 7) is 1.86. The molecule has 2 heterocycles. The third-order valence-corrected chi connectivity index (χ3v) is 5.83. The van der Waals surface area contributed by atoms with E-state index in [4.69, 9.17) is 5.73 Å². The van der Waals surface area contributed by atoms with Gasteiger partial charge in [-0.1, -0.05) is 12.8 Å². The highest BCUT2D eigenvalue weighted by Crippen LogP contribution is 2.47. The fourth-order valence-electron chi connectivity index (χ4n) is 3.51. The summed E-state index contributed by atoms with van der Waals surface area (Å²) < 4.78 is 0. The van der Waals surface area contributed by atoms with Crippen molar-refractivity contribution in [1.29, 1.82) is 0 Å². The molecule has 3 nitrogen and oxygen atoms in total. The maximum atomic E-state index is 12.6. The van der Waals surface area contributed by atoms with Crippen LogP contribution in [0.2, 0.25) is 0 Å². The van der Waals surface area contributed by atoms with Crippen molar-refractivity contribution in [2.24, 2.45) is 11.7 Å². The van der Waals surface area contributed by atoms with Crippen LogP contribution in [0.4, 0.5) is 0 Å². The zero-order valence-corrected chi connectivity index (χ0v) is 11.7. The highest BCUT2D eigenvalue weighted by atomic mass is 32.2. The van der Waals surface area contributed by atoms with E-state index < -0.39 is 0 Å². The smallest absolute Gasteiger partial charge is 0.252 e. The number of hydrogen-bond donors (Lipinski definition) is 1. The molecule has 2 fully saturated rings. The number of piperidine rings is 1. The van der Waals surface area contributed by atoms with Crippen LogP contribution in [0.15, 0.2) is 10.6 Å². The molecule has 0 unspecified atom stereocenters. The van der Waals surface area contributed by atoms with Crippen molar-refractivity contribution in [3.05, 3.63) is 10.6 Å². The number of hydrogen-bond acceptors (Lipinski definition) is 3. The van der Waals surface area contributed by atoms with Crippen LogP contribution < -0.4 is 5.73 Å². The average Bonchev–Trinajstić information content (AvgIpc) is 2.75. The van der Waals surface area contributed by atoms with Gasteiger partial charge in [-0.3, -0.25) is 4.79 Å². The topological polar surface area (TPSA) is 46.3 Å². The fourth-order valence-corrected chi connectivity index (χ4v) is 4.92. The Balaban J connectivity index is 1.77. The number of carbonyl (C=O) groups excluding carboxylic acids is 1. The Kier molecular flexibility index (Phi) is 3.55. The quantitative estimate of drug-likeness (QED) is 0.793. The second kappa shape index (κ2) is 5.16. The van der Waals surface area contributed by atoms with Gasteiger partial charge in [0.15, 0.2) is 0 Å². The zero-order chi connectivity index (χ0) is 12.5. The van der Waals surface area contributed by atoms with Gasteiger partial charge in [0.05, 0.1) is 10.6 Å². The molecule has 1 aliphatic carbocycles. The maximum absolute atomic E-state index is 12.6. The van der Waals surface area contributed by atoms with Crippen LogP contribution in [0.3, 0.4) is 0 Å². The summed E-state index contributed by atoms with van der Waals surface area (Å²) in [5, 5.41) is 1.41. The number of nitrogens with two attached hydrogens (primary N) is 1. The molecule has 0 radical (unpaired) electrons. The van der Waals surface area contributed by atoms with Crippen LogP contribution in [0, 0.1) is 5.92 Å². The van der Waals surface area contributed by atoms with E-state index in [1.807, 2.05) is 4.90 Å². The molecule has 2 aliphatic heterocycles. The van der Waals surface area contributed by atoms with Crippen LogP contribution >= 0.6 is 11.8 Å². The maximum Gasteiger partial charge on any atom is 0.252 e. The molecule has 100 valence electrons. The monoisotopic (exact) mass is 266 g/mol. The summed E-state index contributed by atoms with van der Waals surface area (Å²) >= 11 is 1.76. The predicted molar refractivity (Wildman–Crippen MR) is 75.0 cm³/mol. The normalized spacial score (nSPS) is 32.6. The molecular formula is C14H22N2OS. The third-order valence-electron chi connectivity index (χ3n) is 4.49. The minimum absolute atomic E-state index is 0.245. The lowest BCUT2D eigenvalue weighted by molar-refractivity contribution is -0.128. The molecule has 0 aromatic heterocycles. The third kappa shape index (κ3) is 2.15. The van der Waals surface area contributed by atoms with E-state index in [0.29, 0.717) is 11.2 Å². The lowest BCUT2D eigenvalue weighted by Gasteiger charge is -2.31. The van der Waals surface area contributed by atoms with E-state index in [0.717, 1.165) is 43.0 Å². The van der Waals surface area contributed by atoms with Crippen molar-refractivity contribution in [2.45, 2.75) is 50.2 Å². The number of rotatable bonds is 1. The van der Waals surface area contributed by atoms with Gasteiger partial charge in [0.1, 0.15) is 0 Å². The number of amides is 1. The summed E-state index contributed by atoms with van der Waals surface area (Å²) in [5.74, 6) is 0.687. The SMILES string of the molecule is NC1=C(C(=O)N2CCCCC2)[C@@H]2CCCC[C@H]2S1. The summed E-state index contributed by atoms with van der Waals surface area (Å²) in [5.41, 5.74) is 7.11. The first-order valence-corrected chi connectivity index (χ1v) is 8.11. The van der Waals surface area contributed by atoms with Crippen molar-refractivity contribution in [2.75, 3.05) is 13.1 Å². The molecule has 1 saturated heterocycles. The van der Waals surface area contributed by atoms with E-state index in [1.54, 1.807) is 11.8 Å².